The van der Waals surface area contributed by atoms with Crippen LogP contribution in [0.1, 0.15) is 53.3 Å². The third-order valence-corrected chi connectivity index (χ3v) is 4.98. The van der Waals surface area contributed by atoms with Crippen molar-refractivity contribution in [3.05, 3.63) is 35.4 Å². The third-order valence-electron chi connectivity index (χ3n) is 4.98. The molecule has 1 heterocycles. The molecule has 1 aromatic carbocycles. The van der Waals surface area contributed by atoms with Crippen molar-refractivity contribution < 1.29 is 29.4 Å². The summed E-state index contributed by atoms with van der Waals surface area (Å²) >= 11 is 0. The van der Waals surface area contributed by atoms with Crippen molar-refractivity contribution in [1.29, 1.82) is 5.41 Å². The van der Waals surface area contributed by atoms with E-state index in [2.05, 4.69) is 10.6 Å². The fraction of sp³-hybridized carbons (Fsp3) is 0.450. The number of unbranched alkanes of at least 4 members (excludes halogenated alkanes) is 1. The second-order valence-corrected chi connectivity index (χ2v) is 7.08. The number of carboxylic acid groups (broad SMARTS) is 1. The minimum atomic E-state index is -1.73. The molecule has 10 heteroatoms. The predicted molar refractivity (Wildman–Crippen MR) is 107 cm³/mol. The summed E-state index contributed by atoms with van der Waals surface area (Å²) < 4.78 is 0. The Labute approximate surface area is 173 Å². The van der Waals surface area contributed by atoms with E-state index in [0.29, 0.717) is 19.4 Å². The molecule has 0 saturated carbocycles. The molecule has 3 amide bonds. The van der Waals surface area contributed by atoms with E-state index >= 15 is 0 Å². The van der Waals surface area contributed by atoms with Crippen LogP contribution in [0.2, 0.25) is 0 Å². The second kappa shape index (κ2) is 9.97. The van der Waals surface area contributed by atoms with Gasteiger partial charge in [0.1, 0.15) is 12.1 Å². The van der Waals surface area contributed by atoms with Crippen LogP contribution in [-0.2, 0) is 9.59 Å². The molecule has 0 spiro atoms. The molecule has 30 heavy (non-hydrogen) atoms. The number of carbonyl (C=O) groups excluding carboxylic acids is 3. The highest BCUT2D eigenvalue weighted by Gasteiger charge is 2.52. The number of aliphatic carboxylic acids is 1. The van der Waals surface area contributed by atoms with Crippen LogP contribution < -0.4 is 10.6 Å². The maximum absolute atomic E-state index is 13.1. The Morgan fingerprint density at radius 2 is 1.67 bits per heavy atom. The van der Waals surface area contributed by atoms with Crippen LogP contribution in [0, 0.1) is 5.41 Å². The highest BCUT2D eigenvalue weighted by molar-refractivity contribution is 6.23. The average molecular weight is 418 g/mol. The van der Waals surface area contributed by atoms with Crippen LogP contribution in [0.5, 0.6) is 0 Å². The zero-order valence-electron chi connectivity index (χ0n) is 16.7. The van der Waals surface area contributed by atoms with Gasteiger partial charge >= 0.3 is 5.97 Å². The summed E-state index contributed by atoms with van der Waals surface area (Å²) in [5.74, 6) is -3.08. The number of nitrogens with one attached hydrogen (secondary N) is 3. The van der Waals surface area contributed by atoms with Crippen molar-refractivity contribution in [1.82, 2.24) is 15.5 Å². The summed E-state index contributed by atoms with van der Waals surface area (Å²) in [5, 5.41) is 31.1. The van der Waals surface area contributed by atoms with Gasteiger partial charge in [-0.15, -0.1) is 0 Å². The smallest absolute Gasteiger partial charge is 0.322 e. The standard InChI is InChI=1S/C20H26N4O6/c1-13(21)22-10-5-4-8-20(9-11-25,19(30)23-12-16(26)27)24-17(28)14-6-2-3-7-15(14)18(24)29/h2-3,6-7,25H,4-5,8-12H2,1H3,(H2,21,22)(H,23,30)(H,26,27). The normalized spacial score (nSPS) is 14.8. The first-order valence-corrected chi connectivity index (χ1v) is 9.62. The maximum atomic E-state index is 13.1. The molecule has 2 rings (SSSR count). The van der Waals surface area contributed by atoms with Crippen LogP contribution >= 0.6 is 0 Å². The Hall–Kier alpha value is -3.27. The third kappa shape index (κ3) is 4.82. The summed E-state index contributed by atoms with van der Waals surface area (Å²) in [6, 6.07) is 6.20. The molecule has 1 aromatic rings. The lowest BCUT2D eigenvalue weighted by Gasteiger charge is -2.39. The number of aliphatic hydroxyl groups is 1. The lowest BCUT2D eigenvalue weighted by molar-refractivity contribution is -0.140. The van der Waals surface area contributed by atoms with E-state index in [0.717, 1.165) is 4.90 Å². The average Bonchev–Trinajstić information content (AvgIpc) is 2.96. The first-order chi connectivity index (χ1) is 14.2. The zero-order valence-corrected chi connectivity index (χ0v) is 16.7. The van der Waals surface area contributed by atoms with E-state index < -0.39 is 42.4 Å². The van der Waals surface area contributed by atoms with E-state index in [4.69, 9.17) is 10.5 Å². The molecule has 10 nitrogen and oxygen atoms in total. The van der Waals surface area contributed by atoms with Gasteiger partial charge in [-0.25, -0.2) is 0 Å². The van der Waals surface area contributed by atoms with Crippen molar-refractivity contribution in [3.63, 3.8) is 0 Å². The number of carboxylic acids is 1. The number of fused-ring (bicyclic) bond motifs is 1. The molecule has 5 N–H and O–H groups in total. The van der Waals surface area contributed by atoms with Crippen molar-refractivity contribution in [2.75, 3.05) is 19.7 Å². The summed E-state index contributed by atoms with van der Waals surface area (Å²) in [6.45, 7) is 0.896. The fourth-order valence-electron chi connectivity index (χ4n) is 3.58. The van der Waals surface area contributed by atoms with Crippen LogP contribution in [0.3, 0.4) is 0 Å². The van der Waals surface area contributed by atoms with Gasteiger partial charge in [0.15, 0.2) is 0 Å². The van der Waals surface area contributed by atoms with Gasteiger partial charge in [-0.2, -0.15) is 0 Å². The number of nitrogens with zero attached hydrogens (tertiary/aromatic N) is 1. The largest absolute Gasteiger partial charge is 0.480 e. The summed E-state index contributed by atoms with van der Waals surface area (Å²) in [6.07, 6.45) is 0.761. The molecule has 0 bridgehead atoms. The van der Waals surface area contributed by atoms with Crippen molar-refractivity contribution >= 4 is 29.5 Å². The molecule has 0 aromatic heterocycles. The molecule has 0 fully saturated rings. The van der Waals surface area contributed by atoms with Crippen LogP contribution in [-0.4, -0.2) is 69.9 Å². The molecule has 1 aliphatic heterocycles. The lowest BCUT2D eigenvalue weighted by atomic mass is 9.85. The Bertz CT molecular complexity index is 820. The zero-order chi connectivity index (χ0) is 22.3. The van der Waals surface area contributed by atoms with E-state index in [-0.39, 0.29) is 29.8 Å². The minimum Gasteiger partial charge on any atom is -0.480 e. The molecule has 0 saturated heterocycles. The van der Waals surface area contributed by atoms with Crippen molar-refractivity contribution in [2.45, 2.75) is 38.1 Å². The molecule has 1 aliphatic rings. The quantitative estimate of drug-likeness (QED) is 0.150. The Morgan fingerprint density at radius 1 is 1.07 bits per heavy atom. The summed E-state index contributed by atoms with van der Waals surface area (Å²) in [4.78, 5) is 51.0. The number of imide groups is 1. The minimum absolute atomic E-state index is 0.0448. The van der Waals surface area contributed by atoms with Crippen LogP contribution in [0.15, 0.2) is 24.3 Å². The van der Waals surface area contributed by atoms with Gasteiger partial charge in [0, 0.05) is 19.6 Å². The topological polar surface area (TPSA) is 160 Å². The number of hydrogen-bond donors (Lipinski definition) is 5. The number of amides is 3. The van der Waals surface area contributed by atoms with Gasteiger partial charge < -0.3 is 20.8 Å². The van der Waals surface area contributed by atoms with Gasteiger partial charge in [-0.1, -0.05) is 12.1 Å². The summed E-state index contributed by atoms with van der Waals surface area (Å²) in [7, 11) is 0. The second-order valence-electron chi connectivity index (χ2n) is 7.08. The first kappa shape index (κ1) is 23.0. The molecule has 1 unspecified atom stereocenters. The van der Waals surface area contributed by atoms with Crippen molar-refractivity contribution in [3.8, 4) is 0 Å². The number of aliphatic hydroxyl groups excluding tert-OH is 1. The lowest BCUT2D eigenvalue weighted by Crippen LogP contribution is -2.61. The molecular weight excluding hydrogens is 392 g/mol. The Balaban J connectivity index is 2.36. The molecular formula is C20H26N4O6. The monoisotopic (exact) mass is 418 g/mol. The number of rotatable bonds is 11. The Kier molecular flexibility index (Phi) is 7.65. The maximum Gasteiger partial charge on any atom is 0.322 e. The SMILES string of the molecule is CC(=N)NCCCCC(CCO)(C(=O)NCC(=O)O)N1C(=O)c2ccccc2C1=O. The predicted octanol–water partition coefficient (Wildman–Crippen LogP) is 0.362. The van der Waals surface area contributed by atoms with E-state index in [1.54, 1.807) is 19.1 Å². The van der Waals surface area contributed by atoms with Gasteiger partial charge in [0.05, 0.1) is 17.0 Å². The van der Waals surface area contributed by atoms with Crippen LogP contribution in [0.25, 0.3) is 0 Å². The van der Waals surface area contributed by atoms with Crippen LogP contribution in [0.4, 0.5) is 0 Å². The summed E-state index contributed by atoms with van der Waals surface area (Å²) in [5.41, 5.74) is -1.40. The van der Waals surface area contributed by atoms with E-state index in [1.165, 1.54) is 12.1 Å². The van der Waals surface area contributed by atoms with Gasteiger partial charge in [0.2, 0.25) is 5.91 Å². The molecule has 162 valence electrons. The first-order valence-electron chi connectivity index (χ1n) is 9.62. The number of hydrogen-bond acceptors (Lipinski definition) is 6. The fourth-order valence-corrected chi connectivity index (χ4v) is 3.58. The van der Waals surface area contributed by atoms with Crippen molar-refractivity contribution in [2.24, 2.45) is 0 Å². The molecule has 0 aliphatic carbocycles. The van der Waals surface area contributed by atoms with Gasteiger partial charge in [-0.05, 0) is 38.3 Å². The molecule has 1 atom stereocenters. The molecule has 0 radical (unpaired) electrons. The number of benzene rings is 1. The number of amidine groups is 1. The number of carbonyl (C=O) groups is 4. The van der Waals surface area contributed by atoms with Gasteiger partial charge in [0.25, 0.3) is 11.8 Å². The van der Waals surface area contributed by atoms with Gasteiger partial charge in [-0.3, -0.25) is 29.5 Å². The highest BCUT2D eigenvalue weighted by Crippen LogP contribution is 2.35. The Morgan fingerprint density at radius 3 is 2.17 bits per heavy atom. The van der Waals surface area contributed by atoms with E-state index in [9.17, 15) is 24.3 Å². The highest BCUT2D eigenvalue weighted by atomic mass is 16.4. The van der Waals surface area contributed by atoms with E-state index in [1.807, 2.05) is 0 Å².